The minimum absolute atomic E-state index is 0.653. The second-order valence-corrected chi connectivity index (χ2v) is 5.23. The predicted octanol–water partition coefficient (Wildman–Crippen LogP) is 2.74. The maximum absolute atomic E-state index is 4.60. The predicted molar refractivity (Wildman–Crippen MR) is 86.6 cm³/mol. The van der Waals surface area contributed by atoms with Crippen LogP contribution >= 0.6 is 0 Å². The van der Waals surface area contributed by atoms with Crippen LogP contribution in [0.4, 0.5) is 11.8 Å². The van der Waals surface area contributed by atoms with Crippen LogP contribution in [0.15, 0.2) is 36.5 Å². The molecule has 0 spiro atoms. The zero-order valence-corrected chi connectivity index (χ0v) is 13.0. The lowest BCUT2D eigenvalue weighted by atomic mass is 10.2. The van der Waals surface area contributed by atoms with Gasteiger partial charge in [0.05, 0.1) is 6.20 Å². The van der Waals surface area contributed by atoms with Crippen molar-refractivity contribution in [3.8, 4) is 0 Å². The lowest BCUT2D eigenvalue weighted by Gasteiger charge is -2.20. The Morgan fingerprint density at radius 1 is 1.05 bits per heavy atom. The molecule has 0 saturated heterocycles. The van der Waals surface area contributed by atoms with Gasteiger partial charge >= 0.3 is 0 Å². The van der Waals surface area contributed by atoms with Gasteiger partial charge in [0, 0.05) is 27.2 Å². The van der Waals surface area contributed by atoms with Gasteiger partial charge in [-0.05, 0) is 12.0 Å². The number of benzene rings is 1. The Bertz CT molecular complexity index is 543. The van der Waals surface area contributed by atoms with Gasteiger partial charge in [-0.1, -0.05) is 43.7 Å². The van der Waals surface area contributed by atoms with Crippen molar-refractivity contribution in [3.05, 3.63) is 42.1 Å². The Hall–Kier alpha value is -2.17. The Kier molecular flexibility index (Phi) is 5.49. The SMILES string of the molecule is CCCCN(C)c1cnnc(N(C)Cc2ccccc2)n1. The standard InChI is InChI=1S/C16H23N5/c1-4-5-11-20(2)15-12-17-19-16(18-15)21(3)13-14-9-7-6-8-10-14/h6-10,12H,4-5,11,13H2,1-3H3. The van der Waals surface area contributed by atoms with Crippen LogP contribution in [0.3, 0.4) is 0 Å². The van der Waals surface area contributed by atoms with Crippen molar-refractivity contribution in [1.29, 1.82) is 0 Å². The first kappa shape index (κ1) is 15.2. The minimum Gasteiger partial charge on any atom is -0.358 e. The Morgan fingerprint density at radius 3 is 2.52 bits per heavy atom. The van der Waals surface area contributed by atoms with Gasteiger partial charge in [0.15, 0.2) is 5.82 Å². The molecule has 0 aliphatic heterocycles. The molecule has 0 radical (unpaired) electrons. The molecule has 0 atom stereocenters. The van der Waals surface area contributed by atoms with Crippen LogP contribution in [0.5, 0.6) is 0 Å². The van der Waals surface area contributed by atoms with Crippen molar-refractivity contribution >= 4 is 11.8 Å². The highest BCUT2D eigenvalue weighted by molar-refractivity contribution is 5.40. The Morgan fingerprint density at radius 2 is 1.81 bits per heavy atom. The molecular weight excluding hydrogens is 262 g/mol. The summed E-state index contributed by atoms with van der Waals surface area (Å²) in [4.78, 5) is 8.74. The zero-order valence-electron chi connectivity index (χ0n) is 13.0. The van der Waals surface area contributed by atoms with Crippen LogP contribution in [0.1, 0.15) is 25.3 Å². The molecule has 0 aliphatic carbocycles. The maximum atomic E-state index is 4.60. The number of anilines is 2. The number of hydrogen-bond donors (Lipinski definition) is 0. The molecule has 0 aliphatic rings. The van der Waals surface area contributed by atoms with Crippen LogP contribution in [0.2, 0.25) is 0 Å². The van der Waals surface area contributed by atoms with Gasteiger partial charge < -0.3 is 9.80 Å². The summed E-state index contributed by atoms with van der Waals surface area (Å²) in [5, 5.41) is 8.22. The van der Waals surface area contributed by atoms with Crippen molar-refractivity contribution in [2.45, 2.75) is 26.3 Å². The smallest absolute Gasteiger partial charge is 0.247 e. The molecule has 5 nitrogen and oxygen atoms in total. The van der Waals surface area contributed by atoms with E-state index in [4.69, 9.17) is 0 Å². The quantitative estimate of drug-likeness (QED) is 0.782. The van der Waals surface area contributed by atoms with Gasteiger partial charge in [0.2, 0.25) is 5.95 Å². The molecule has 1 heterocycles. The summed E-state index contributed by atoms with van der Waals surface area (Å²) in [5.74, 6) is 1.52. The van der Waals surface area contributed by atoms with E-state index in [2.05, 4.69) is 39.1 Å². The monoisotopic (exact) mass is 285 g/mol. The van der Waals surface area contributed by atoms with Crippen molar-refractivity contribution in [2.24, 2.45) is 0 Å². The highest BCUT2D eigenvalue weighted by atomic mass is 15.3. The lowest BCUT2D eigenvalue weighted by molar-refractivity contribution is 0.747. The number of rotatable bonds is 7. The molecule has 112 valence electrons. The van der Waals surface area contributed by atoms with Crippen molar-refractivity contribution in [2.75, 3.05) is 30.4 Å². The molecule has 0 fully saturated rings. The van der Waals surface area contributed by atoms with Crippen molar-refractivity contribution in [3.63, 3.8) is 0 Å². The van der Waals surface area contributed by atoms with Crippen LogP contribution in [-0.4, -0.2) is 35.8 Å². The van der Waals surface area contributed by atoms with E-state index in [1.807, 2.05) is 37.2 Å². The van der Waals surface area contributed by atoms with Gasteiger partial charge in [-0.3, -0.25) is 0 Å². The lowest BCUT2D eigenvalue weighted by Crippen LogP contribution is -2.23. The summed E-state index contributed by atoms with van der Waals surface area (Å²) in [5.41, 5.74) is 1.23. The molecule has 0 N–H and O–H groups in total. The van der Waals surface area contributed by atoms with E-state index in [1.165, 1.54) is 12.0 Å². The first-order chi connectivity index (χ1) is 10.2. The molecule has 2 rings (SSSR count). The summed E-state index contributed by atoms with van der Waals surface area (Å²) in [6.07, 6.45) is 4.04. The molecule has 0 amide bonds. The van der Waals surface area contributed by atoms with Gasteiger partial charge in [-0.15, -0.1) is 5.10 Å². The number of nitrogens with zero attached hydrogens (tertiary/aromatic N) is 5. The average molecular weight is 285 g/mol. The van der Waals surface area contributed by atoms with E-state index < -0.39 is 0 Å². The summed E-state index contributed by atoms with van der Waals surface area (Å²) in [6.45, 7) is 3.94. The molecule has 0 saturated carbocycles. The molecule has 0 bridgehead atoms. The van der Waals surface area contributed by atoms with E-state index in [1.54, 1.807) is 6.20 Å². The molecule has 5 heteroatoms. The van der Waals surface area contributed by atoms with E-state index in [9.17, 15) is 0 Å². The van der Waals surface area contributed by atoms with E-state index in [0.717, 1.165) is 25.3 Å². The number of aromatic nitrogens is 3. The highest BCUT2D eigenvalue weighted by Crippen LogP contribution is 2.14. The second kappa shape index (κ2) is 7.57. The molecule has 1 aromatic heterocycles. The van der Waals surface area contributed by atoms with Crippen LogP contribution < -0.4 is 9.80 Å². The van der Waals surface area contributed by atoms with Crippen molar-refractivity contribution < 1.29 is 0 Å². The topological polar surface area (TPSA) is 45.2 Å². The van der Waals surface area contributed by atoms with E-state index in [-0.39, 0.29) is 0 Å². The minimum atomic E-state index is 0.653. The summed E-state index contributed by atoms with van der Waals surface area (Å²) < 4.78 is 0. The molecule has 0 unspecified atom stereocenters. The molecule has 2 aromatic rings. The van der Waals surface area contributed by atoms with Gasteiger partial charge in [0.1, 0.15) is 0 Å². The molecule has 21 heavy (non-hydrogen) atoms. The van der Waals surface area contributed by atoms with Gasteiger partial charge in [-0.25, -0.2) is 0 Å². The van der Waals surface area contributed by atoms with Gasteiger partial charge in [-0.2, -0.15) is 10.1 Å². The average Bonchev–Trinajstić information content (AvgIpc) is 2.53. The fraction of sp³-hybridized carbons (Fsp3) is 0.438. The van der Waals surface area contributed by atoms with Crippen LogP contribution in [0, 0.1) is 0 Å². The van der Waals surface area contributed by atoms with Crippen molar-refractivity contribution in [1.82, 2.24) is 15.2 Å². The third-order valence-corrected chi connectivity index (χ3v) is 3.38. The summed E-state index contributed by atoms with van der Waals surface area (Å²) >= 11 is 0. The van der Waals surface area contributed by atoms with Crippen LogP contribution in [-0.2, 0) is 6.54 Å². The number of unbranched alkanes of at least 4 members (excludes halogenated alkanes) is 1. The normalized spacial score (nSPS) is 10.4. The third-order valence-electron chi connectivity index (χ3n) is 3.38. The summed E-state index contributed by atoms with van der Waals surface area (Å²) in [7, 11) is 4.03. The summed E-state index contributed by atoms with van der Waals surface area (Å²) in [6, 6.07) is 10.3. The Balaban J connectivity index is 2.06. The third kappa shape index (κ3) is 4.41. The van der Waals surface area contributed by atoms with E-state index >= 15 is 0 Å². The van der Waals surface area contributed by atoms with Crippen LogP contribution in [0.25, 0.3) is 0 Å². The first-order valence-electron chi connectivity index (χ1n) is 7.36. The highest BCUT2D eigenvalue weighted by Gasteiger charge is 2.09. The van der Waals surface area contributed by atoms with Gasteiger partial charge in [0.25, 0.3) is 0 Å². The zero-order chi connectivity index (χ0) is 15.1. The van der Waals surface area contributed by atoms with E-state index in [0.29, 0.717) is 5.95 Å². The molecule has 1 aromatic carbocycles. The first-order valence-corrected chi connectivity index (χ1v) is 7.36. The second-order valence-electron chi connectivity index (χ2n) is 5.23. The Labute approximate surface area is 126 Å². The fourth-order valence-electron chi connectivity index (χ4n) is 2.07. The number of hydrogen-bond acceptors (Lipinski definition) is 5. The maximum Gasteiger partial charge on any atom is 0.247 e. The largest absolute Gasteiger partial charge is 0.358 e. The fourth-order valence-corrected chi connectivity index (χ4v) is 2.07. The molecular formula is C16H23N5.